The molecule has 0 aliphatic heterocycles. The van der Waals surface area contributed by atoms with Crippen molar-refractivity contribution in [3.8, 4) is 11.1 Å². The number of nitrogens with zero attached hydrogens (tertiary/aromatic N) is 2. The van der Waals surface area contributed by atoms with Crippen molar-refractivity contribution in [1.29, 1.82) is 0 Å². The second-order valence-corrected chi connectivity index (χ2v) is 7.42. The van der Waals surface area contributed by atoms with Gasteiger partial charge in [0.25, 0.3) is 5.56 Å². The number of hydrogen-bond acceptors (Lipinski definition) is 4. The molecule has 0 fully saturated rings. The summed E-state index contributed by atoms with van der Waals surface area (Å²) >= 11 is 1.44. The highest BCUT2D eigenvalue weighted by Crippen LogP contribution is 2.31. The molecule has 2 aromatic carbocycles. The van der Waals surface area contributed by atoms with Crippen molar-refractivity contribution in [3.05, 3.63) is 87.8 Å². The second-order valence-electron chi connectivity index (χ2n) is 6.56. The fourth-order valence-electron chi connectivity index (χ4n) is 3.14. The van der Waals surface area contributed by atoms with Gasteiger partial charge in [-0.2, -0.15) is 0 Å². The summed E-state index contributed by atoms with van der Waals surface area (Å²) in [5.74, 6) is -0.106. The van der Waals surface area contributed by atoms with Crippen LogP contribution in [0.2, 0.25) is 0 Å². The molecule has 0 N–H and O–H groups in total. The number of fused-ring (bicyclic) bond motifs is 1. The van der Waals surface area contributed by atoms with E-state index in [1.807, 2.05) is 54.8 Å². The van der Waals surface area contributed by atoms with Gasteiger partial charge < -0.3 is 0 Å². The maximum atomic E-state index is 13.2. The number of aryl methyl sites for hydroxylation is 1. The highest BCUT2D eigenvalue weighted by atomic mass is 32.1. The zero-order chi connectivity index (χ0) is 19.0. The zero-order valence-electron chi connectivity index (χ0n) is 15.0. The van der Waals surface area contributed by atoms with Crippen LogP contribution in [0.4, 0.5) is 0 Å². The van der Waals surface area contributed by atoms with Crippen LogP contribution in [0.25, 0.3) is 21.3 Å². The van der Waals surface area contributed by atoms with Crippen molar-refractivity contribution in [2.24, 2.45) is 0 Å². The molecule has 0 radical (unpaired) electrons. The Kier molecular flexibility index (Phi) is 4.46. The van der Waals surface area contributed by atoms with Crippen molar-refractivity contribution in [2.75, 3.05) is 0 Å². The van der Waals surface area contributed by atoms with Crippen LogP contribution in [-0.2, 0) is 0 Å². The summed E-state index contributed by atoms with van der Waals surface area (Å²) in [6, 6.07) is 16.5. The first kappa shape index (κ1) is 17.4. The molecule has 5 heteroatoms. The molecular weight excluding hydrogens is 356 g/mol. The molecule has 4 aromatic rings. The summed E-state index contributed by atoms with van der Waals surface area (Å²) in [5.41, 5.74) is 3.40. The normalized spacial score (nSPS) is 12.2. The van der Waals surface area contributed by atoms with Gasteiger partial charge in [-0.25, -0.2) is 4.98 Å². The molecule has 0 saturated heterocycles. The Hall–Kier alpha value is -3.05. The average molecular weight is 374 g/mol. The Balaban J connectivity index is 1.82. The molecule has 134 valence electrons. The standard InChI is InChI=1S/C22H18N2O2S/c1-14-8-10-16(11-9-14)18-12-27-21-19(18)22(26)24(13-23-21)15(2)20(25)17-6-4-3-5-7-17/h3-13,15H,1-2H3/t15-/m0/s1. The van der Waals surface area contributed by atoms with E-state index < -0.39 is 6.04 Å². The summed E-state index contributed by atoms with van der Waals surface area (Å²) in [5, 5.41) is 2.52. The van der Waals surface area contributed by atoms with Crippen molar-refractivity contribution < 1.29 is 4.79 Å². The van der Waals surface area contributed by atoms with Crippen molar-refractivity contribution in [2.45, 2.75) is 19.9 Å². The van der Waals surface area contributed by atoms with Gasteiger partial charge in [0, 0.05) is 16.5 Å². The van der Waals surface area contributed by atoms with Gasteiger partial charge in [0.15, 0.2) is 5.78 Å². The van der Waals surface area contributed by atoms with Crippen molar-refractivity contribution >= 4 is 27.3 Å². The number of thiophene rings is 1. The van der Waals surface area contributed by atoms with Crippen LogP contribution in [0.15, 0.2) is 71.1 Å². The monoisotopic (exact) mass is 374 g/mol. The highest BCUT2D eigenvalue weighted by Gasteiger charge is 2.21. The van der Waals surface area contributed by atoms with E-state index in [0.717, 1.165) is 16.7 Å². The molecule has 27 heavy (non-hydrogen) atoms. The predicted molar refractivity (Wildman–Crippen MR) is 110 cm³/mol. The second kappa shape index (κ2) is 6.93. The molecule has 0 bridgehead atoms. The lowest BCUT2D eigenvalue weighted by molar-refractivity contribution is 0.0932. The molecule has 0 unspecified atom stereocenters. The van der Waals surface area contributed by atoms with Crippen molar-refractivity contribution in [3.63, 3.8) is 0 Å². The first-order valence-corrected chi connectivity index (χ1v) is 9.59. The van der Waals surface area contributed by atoms with Gasteiger partial charge in [-0.05, 0) is 19.4 Å². The molecule has 0 aliphatic rings. The predicted octanol–water partition coefficient (Wildman–Crippen LogP) is 4.88. The number of hydrogen-bond donors (Lipinski definition) is 0. The van der Waals surface area contributed by atoms with Gasteiger partial charge in [-0.3, -0.25) is 14.2 Å². The van der Waals surface area contributed by atoms with E-state index in [-0.39, 0.29) is 11.3 Å². The fourth-order valence-corrected chi connectivity index (χ4v) is 4.04. The summed E-state index contributed by atoms with van der Waals surface area (Å²) < 4.78 is 1.43. The van der Waals surface area contributed by atoms with E-state index in [9.17, 15) is 9.59 Å². The van der Waals surface area contributed by atoms with E-state index in [0.29, 0.717) is 15.8 Å². The maximum Gasteiger partial charge on any atom is 0.263 e. The van der Waals surface area contributed by atoms with Crippen LogP contribution in [0.3, 0.4) is 0 Å². The summed E-state index contributed by atoms with van der Waals surface area (Å²) in [7, 11) is 0. The molecule has 0 amide bonds. The third-order valence-electron chi connectivity index (χ3n) is 4.74. The van der Waals surface area contributed by atoms with E-state index in [2.05, 4.69) is 4.98 Å². The number of carbonyl (C=O) groups excluding carboxylic acids is 1. The third-order valence-corrected chi connectivity index (χ3v) is 5.62. The molecule has 2 aromatic heterocycles. The lowest BCUT2D eigenvalue weighted by Gasteiger charge is -2.14. The first-order chi connectivity index (χ1) is 13.1. The van der Waals surface area contributed by atoms with Gasteiger partial charge in [0.05, 0.1) is 17.8 Å². The Morgan fingerprint density at radius 3 is 2.48 bits per heavy atom. The van der Waals surface area contributed by atoms with Crippen LogP contribution in [0, 0.1) is 6.92 Å². The molecule has 0 saturated carbocycles. The van der Waals surface area contributed by atoms with Crippen LogP contribution >= 0.6 is 11.3 Å². The van der Waals surface area contributed by atoms with Crippen LogP contribution in [0.5, 0.6) is 0 Å². The van der Waals surface area contributed by atoms with Gasteiger partial charge in [0.2, 0.25) is 0 Å². The molecule has 0 aliphatic carbocycles. The van der Waals surface area contributed by atoms with Crippen molar-refractivity contribution in [1.82, 2.24) is 9.55 Å². The number of carbonyl (C=O) groups is 1. The lowest BCUT2D eigenvalue weighted by Crippen LogP contribution is -2.28. The summed E-state index contributed by atoms with van der Waals surface area (Å²) in [4.78, 5) is 31.1. The van der Waals surface area contributed by atoms with Crippen LogP contribution < -0.4 is 5.56 Å². The topological polar surface area (TPSA) is 52.0 Å². The summed E-state index contributed by atoms with van der Waals surface area (Å²) in [6.45, 7) is 3.77. The SMILES string of the molecule is Cc1ccc(-c2csc3ncn([C@@H](C)C(=O)c4ccccc4)c(=O)c23)cc1. The Labute approximate surface area is 160 Å². The molecular formula is C22H18N2O2S. The fraction of sp³-hybridized carbons (Fsp3) is 0.136. The van der Waals surface area contributed by atoms with Gasteiger partial charge in [-0.1, -0.05) is 60.2 Å². The van der Waals surface area contributed by atoms with E-state index >= 15 is 0 Å². The number of Topliss-reactive ketones (excluding diaryl/α,β-unsaturated/α-hetero) is 1. The number of rotatable bonds is 4. The highest BCUT2D eigenvalue weighted by molar-refractivity contribution is 7.17. The first-order valence-electron chi connectivity index (χ1n) is 8.71. The lowest BCUT2D eigenvalue weighted by atomic mass is 10.0. The number of benzene rings is 2. The molecule has 4 rings (SSSR count). The van der Waals surface area contributed by atoms with Gasteiger partial charge in [0.1, 0.15) is 4.83 Å². The van der Waals surface area contributed by atoms with E-state index in [1.54, 1.807) is 19.1 Å². The maximum absolute atomic E-state index is 13.2. The number of aromatic nitrogens is 2. The average Bonchev–Trinajstić information content (AvgIpc) is 3.13. The van der Waals surface area contributed by atoms with E-state index in [4.69, 9.17) is 0 Å². The minimum absolute atomic E-state index is 0.106. The Morgan fingerprint density at radius 2 is 1.78 bits per heavy atom. The van der Waals surface area contributed by atoms with Crippen LogP contribution in [-0.4, -0.2) is 15.3 Å². The quantitative estimate of drug-likeness (QED) is 0.479. The number of ketones is 1. The Morgan fingerprint density at radius 1 is 1.07 bits per heavy atom. The molecule has 2 heterocycles. The molecule has 1 atom stereocenters. The smallest absolute Gasteiger partial charge is 0.263 e. The Bertz CT molecular complexity index is 1170. The zero-order valence-corrected chi connectivity index (χ0v) is 15.9. The van der Waals surface area contributed by atoms with Gasteiger partial charge in [-0.15, -0.1) is 11.3 Å². The third kappa shape index (κ3) is 3.11. The van der Waals surface area contributed by atoms with Gasteiger partial charge >= 0.3 is 0 Å². The largest absolute Gasteiger partial charge is 0.292 e. The summed E-state index contributed by atoms with van der Waals surface area (Å²) in [6.07, 6.45) is 1.48. The van der Waals surface area contributed by atoms with E-state index in [1.165, 1.54) is 22.2 Å². The molecule has 0 spiro atoms. The van der Waals surface area contributed by atoms with Crippen LogP contribution in [0.1, 0.15) is 28.9 Å². The minimum Gasteiger partial charge on any atom is -0.292 e. The molecule has 4 nitrogen and oxygen atoms in total. The minimum atomic E-state index is -0.623.